The maximum atomic E-state index is 5.71. The van der Waals surface area contributed by atoms with Crippen molar-refractivity contribution in [3.63, 3.8) is 0 Å². The van der Waals surface area contributed by atoms with Crippen molar-refractivity contribution < 1.29 is 9.15 Å². The molecular formula is C18H28N4O2. The van der Waals surface area contributed by atoms with Crippen LogP contribution in [0.1, 0.15) is 31.6 Å². The van der Waals surface area contributed by atoms with Crippen LogP contribution in [0.4, 0.5) is 0 Å². The third kappa shape index (κ3) is 3.71. The van der Waals surface area contributed by atoms with E-state index >= 15 is 0 Å². The molecule has 2 aromatic rings. The quantitative estimate of drug-likeness (QED) is 0.816. The van der Waals surface area contributed by atoms with E-state index in [2.05, 4.69) is 34.3 Å². The molecule has 0 aromatic carbocycles. The number of H-pyrrole nitrogens is 1. The van der Waals surface area contributed by atoms with Crippen molar-refractivity contribution in [1.29, 1.82) is 0 Å². The van der Waals surface area contributed by atoms with E-state index in [1.807, 2.05) is 25.3 Å². The standard InChI is InChI=1S/C18H28N4O2/c1-4-18(3,22-7-9-23-10-8-22)13-19-11-15-12-20-21-17(15)16-6-5-14(2)24-16/h5-6,12,19H,4,7-11,13H2,1-3H3,(H,20,21)/t18-/m1/s1. The normalized spacial score (nSPS) is 18.6. The smallest absolute Gasteiger partial charge is 0.152 e. The number of aryl methyl sites for hydroxylation is 1. The van der Waals surface area contributed by atoms with Crippen molar-refractivity contribution in [2.75, 3.05) is 32.8 Å². The van der Waals surface area contributed by atoms with Gasteiger partial charge >= 0.3 is 0 Å². The lowest BCUT2D eigenvalue weighted by atomic mass is 9.95. The summed E-state index contributed by atoms with van der Waals surface area (Å²) in [6.45, 7) is 11.9. The highest BCUT2D eigenvalue weighted by Gasteiger charge is 2.30. The molecule has 1 atom stereocenters. The molecule has 6 heteroatoms. The minimum atomic E-state index is 0.148. The topological polar surface area (TPSA) is 66.3 Å². The van der Waals surface area contributed by atoms with Gasteiger partial charge in [-0.25, -0.2) is 0 Å². The second-order valence-corrected chi connectivity index (χ2v) is 6.73. The maximum absolute atomic E-state index is 5.71. The SMILES string of the molecule is CC[C@](C)(CNCc1cn[nH]c1-c1ccc(C)o1)N1CCOCC1. The highest BCUT2D eigenvalue weighted by atomic mass is 16.5. The molecule has 132 valence electrons. The van der Waals surface area contributed by atoms with Crippen LogP contribution in [0.25, 0.3) is 11.5 Å². The van der Waals surface area contributed by atoms with Gasteiger partial charge in [-0.1, -0.05) is 6.92 Å². The number of nitrogens with zero attached hydrogens (tertiary/aromatic N) is 2. The summed E-state index contributed by atoms with van der Waals surface area (Å²) in [6.07, 6.45) is 2.98. The Morgan fingerprint density at radius 3 is 2.79 bits per heavy atom. The maximum Gasteiger partial charge on any atom is 0.152 e. The van der Waals surface area contributed by atoms with Crippen molar-refractivity contribution in [3.05, 3.63) is 29.7 Å². The van der Waals surface area contributed by atoms with Gasteiger partial charge in [0, 0.05) is 37.3 Å². The average Bonchev–Trinajstić information content (AvgIpc) is 3.24. The van der Waals surface area contributed by atoms with Crippen molar-refractivity contribution in [1.82, 2.24) is 20.4 Å². The number of ether oxygens (including phenoxy) is 1. The Balaban J connectivity index is 1.61. The predicted molar refractivity (Wildman–Crippen MR) is 93.8 cm³/mol. The molecule has 3 heterocycles. The molecule has 0 amide bonds. The molecule has 0 radical (unpaired) electrons. The largest absolute Gasteiger partial charge is 0.460 e. The van der Waals surface area contributed by atoms with Crippen LogP contribution in [-0.4, -0.2) is 53.5 Å². The number of aromatic amines is 1. The summed E-state index contributed by atoms with van der Waals surface area (Å²) < 4.78 is 11.2. The Labute approximate surface area is 143 Å². The van der Waals surface area contributed by atoms with Crippen LogP contribution in [0.2, 0.25) is 0 Å². The monoisotopic (exact) mass is 332 g/mol. The molecule has 0 aliphatic carbocycles. The number of furan rings is 1. The fourth-order valence-corrected chi connectivity index (χ4v) is 3.26. The number of rotatable bonds is 7. The van der Waals surface area contributed by atoms with E-state index in [1.54, 1.807) is 0 Å². The number of hydrogen-bond donors (Lipinski definition) is 2. The van der Waals surface area contributed by atoms with Crippen LogP contribution >= 0.6 is 0 Å². The van der Waals surface area contributed by atoms with Gasteiger partial charge in [-0.3, -0.25) is 10.00 Å². The van der Waals surface area contributed by atoms with Gasteiger partial charge in [-0.2, -0.15) is 5.10 Å². The third-order valence-electron chi connectivity index (χ3n) is 5.06. The van der Waals surface area contributed by atoms with Crippen molar-refractivity contribution in [2.24, 2.45) is 0 Å². The van der Waals surface area contributed by atoms with Gasteiger partial charge in [0.25, 0.3) is 0 Å². The van der Waals surface area contributed by atoms with Crippen LogP contribution in [0, 0.1) is 6.92 Å². The summed E-state index contributed by atoms with van der Waals surface area (Å²) in [5.41, 5.74) is 2.24. The Morgan fingerprint density at radius 2 is 2.12 bits per heavy atom. The zero-order chi connectivity index (χ0) is 17.0. The van der Waals surface area contributed by atoms with Gasteiger partial charge in [0.15, 0.2) is 5.76 Å². The lowest BCUT2D eigenvalue weighted by Crippen LogP contribution is -2.56. The lowest BCUT2D eigenvalue weighted by molar-refractivity contribution is -0.0175. The highest BCUT2D eigenvalue weighted by Crippen LogP contribution is 2.24. The molecule has 0 unspecified atom stereocenters. The van der Waals surface area contributed by atoms with Gasteiger partial charge < -0.3 is 14.5 Å². The van der Waals surface area contributed by atoms with Crippen LogP contribution in [0.5, 0.6) is 0 Å². The van der Waals surface area contributed by atoms with Gasteiger partial charge in [0.1, 0.15) is 11.5 Å². The molecule has 1 aliphatic heterocycles. The lowest BCUT2D eigenvalue weighted by Gasteiger charge is -2.43. The second kappa shape index (κ2) is 7.51. The summed E-state index contributed by atoms with van der Waals surface area (Å²) in [5.74, 6) is 1.75. The van der Waals surface area contributed by atoms with E-state index in [0.717, 1.165) is 68.6 Å². The van der Waals surface area contributed by atoms with Crippen molar-refractivity contribution in [2.45, 2.75) is 39.3 Å². The zero-order valence-corrected chi connectivity index (χ0v) is 14.9. The molecule has 1 fully saturated rings. The summed E-state index contributed by atoms with van der Waals surface area (Å²) in [7, 11) is 0. The van der Waals surface area contributed by atoms with Crippen LogP contribution in [0.15, 0.2) is 22.7 Å². The Kier molecular flexibility index (Phi) is 5.38. The number of aromatic nitrogens is 2. The first-order valence-corrected chi connectivity index (χ1v) is 8.75. The minimum Gasteiger partial charge on any atom is -0.460 e. The molecule has 1 aliphatic rings. The number of morpholine rings is 1. The van der Waals surface area contributed by atoms with Gasteiger partial charge in [0.2, 0.25) is 0 Å². The van der Waals surface area contributed by atoms with E-state index < -0.39 is 0 Å². The minimum absolute atomic E-state index is 0.148. The van der Waals surface area contributed by atoms with E-state index in [1.165, 1.54) is 0 Å². The average molecular weight is 332 g/mol. The molecule has 24 heavy (non-hydrogen) atoms. The Bertz CT molecular complexity index is 645. The van der Waals surface area contributed by atoms with Crippen LogP contribution < -0.4 is 5.32 Å². The van der Waals surface area contributed by atoms with Gasteiger partial charge in [-0.05, 0) is 32.4 Å². The van der Waals surface area contributed by atoms with Crippen molar-refractivity contribution >= 4 is 0 Å². The van der Waals surface area contributed by atoms with Crippen LogP contribution in [0.3, 0.4) is 0 Å². The molecule has 0 bridgehead atoms. The summed E-state index contributed by atoms with van der Waals surface area (Å²) in [4.78, 5) is 2.54. The highest BCUT2D eigenvalue weighted by molar-refractivity contribution is 5.56. The van der Waals surface area contributed by atoms with Gasteiger partial charge in [0.05, 0.1) is 19.4 Å². The molecular weight excluding hydrogens is 304 g/mol. The molecule has 1 saturated heterocycles. The number of hydrogen-bond acceptors (Lipinski definition) is 5. The van der Waals surface area contributed by atoms with E-state index in [0.29, 0.717) is 0 Å². The molecule has 6 nitrogen and oxygen atoms in total. The first kappa shape index (κ1) is 17.2. The fraction of sp³-hybridized carbons (Fsp3) is 0.611. The summed E-state index contributed by atoms with van der Waals surface area (Å²) in [6, 6.07) is 3.95. The van der Waals surface area contributed by atoms with E-state index in [9.17, 15) is 0 Å². The molecule has 2 aromatic heterocycles. The molecule has 0 spiro atoms. The van der Waals surface area contributed by atoms with Gasteiger partial charge in [-0.15, -0.1) is 0 Å². The molecule has 2 N–H and O–H groups in total. The molecule has 0 saturated carbocycles. The fourth-order valence-electron chi connectivity index (χ4n) is 3.26. The zero-order valence-electron chi connectivity index (χ0n) is 14.9. The van der Waals surface area contributed by atoms with E-state index in [-0.39, 0.29) is 5.54 Å². The molecule has 3 rings (SSSR count). The van der Waals surface area contributed by atoms with E-state index in [4.69, 9.17) is 9.15 Å². The van der Waals surface area contributed by atoms with Crippen molar-refractivity contribution in [3.8, 4) is 11.5 Å². The predicted octanol–water partition coefficient (Wildman–Crippen LogP) is 2.57. The summed E-state index contributed by atoms with van der Waals surface area (Å²) in [5, 5.41) is 10.8. The first-order valence-electron chi connectivity index (χ1n) is 8.75. The third-order valence-corrected chi connectivity index (χ3v) is 5.06. The second-order valence-electron chi connectivity index (χ2n) is 6.73. The van der Waals surface area contributed by atoms with Crippen LogP contribution in [-0.2, 0) is 11.3 Å². The Morgan fingerprint density at radius 1 is 1.33 bits per heavy atom. The number of nitrogens with one attached hydrogen (secondary N) is 2. The summed E-state index contributed by atoms with van der Waals surface area (Å²) >= 11 is 0. The Hall–Kier alpha value is -1.63. The first-order chi connectivity index (χ1) is 11.6.